The van der Waals surface area contributed by atoms with E-state index in [2.05, 4.69) is 6.07 Å². The van der Waals surface area contributed by atoms with Gasteiger partial charge in [-0.3, -0.25) is 4.31 Å². The van der Waals surface area contributed by atoms with E-state index in [9.17, 15) is 8.42 Å². The fraction of sp³-hybridized carbons (Fsp3) is 0.200. The lowest BCUT2D eigenvalue weighted by Crippen LogP contribution is -2.30. The normalized spacial score (nSPS) is 14.4. The smallest absolute Gasteiger partial charge is 0.239 e. The van der Waals surface area contributed by atoms with Gasteiger partial charge in [0.05, 0.1) is 11.4 Å². The summed E-state index contributed by atoms with van der Waals surface area (Å²) in [5.74, 6) is 0.0438. The summed E-state index contributed by atoms with van der Waals surface area (Å²) in [7, 11) is -3.31. The summed E-state index contributed by atoms with van der Waals surface area (Å²) in [5.41, 5.74) is 2.67. The molecule has 1 heterocycles. The molecule has 1 aliphatic heterocycles. The lowest BCUT2D eigenvalue weighted by molar-refractivity contribution is 0.591. The van der Waals surface area contributed by atoms with Gasteiger partial charge in [-0.1, -0.05) is 42.5 Å². The number of hydrogen-bond donors (Lipinski definition) is 0. The Kier molecular flexibility index (Phi) is 3.03. The molecule has 2 aromatic carbocycles. The highest BCUT2D eigenvalue weighted by Crippen LogP contribution is 2.30. The number of nitrogens with zero attached hydrogens (tertiary/aromatic N) is 1. The summed E-state index contributed by atoms with van der Waals surface area (Å²) < 4.78 is 26.5. The third kappa shape index (κ3) is 2.36. The fourth-order valence-electron chi connectivity index (χ4n) is 2.39. The molecule has 3 rings (SSSR count). The molecule has 0 N–H and O–H groups in total. The number of hydrogen-bond acceptors (Lipinski definition) is 2. The largest absolute Gasteiger partial charge is 0.269 e. The van der Waals surface area contributed by atoms with E-state index in [1.807, 2.05) is 42.5 Å². The molecule has 97 valence electrons. The van der Waals surface area contributed by atoms with Crippen LogP contribution in [-0.4, -0.2) is 15.0 Å². The predicted molar refractivity (Wildman–Crippen MR) is 75.4 cm³/mol. The van der Waals surface area contributed by atoms with Crippen molar-refractivity contribution >= 4 is 15.7 Å². The molecule has 1 aliphatic rings. The van der Waals surface area contributed by atoms with Crippen molar-refractivity contribution in [3.63, 3.8) is 0 Å². The van der Waals surface area contributed by atoms with Crippen LogP contribution in [0.25, 0.3) is 0 Å². The van der Waals surface area contributed by atoms with Crippen LogP contribution in [0.3, 0.4) is 0 Å². The molecule has 3 nitrogen and oxygen atoms in total. The maximum atomic E-state index is 12.5. The number of fused-ring (bicyclic) bond motifs is 1. The summed E-state index contributed by atoms with van der Waals surface area (Å²) in [4.78, 5) is 0. The molecule has 0 spiro atoms. The van der Waals surface area contributed by atoms with E-state index in [0.717, 1.165) is 23.2 Å². The van der Waals surface area contributed by atoms with Gasteiger partial charge in [-0.05, 0) is 29.7 Å². The van der Waals surface area contributed by atoms with Crippen molar-refractivity contribution in [2.45, 2.75) is 12.2 Å². The Labute approximate surface area is 113 Å². The minimum absolute atomic E-state index is 0.0438. The molecule has 0 amide bonds. The molecule has 0 saturated heterocycles. The topological polar surface area (TPSA) is 37.4 Å². The molecule has 2 aromatic rings. The maximum absolute atomic E-state index is 12.5. The van der Waals surface area contributed by atoms with Crippen LogP contribution in [0, 0.1) is 6.07 Å². The zero-order valence-corrected chi connectivity index (χ0v) is 11.2. The highest BCUT2D eigenvalue weighted by Gasteiger charge is 2.28. The molecular formula is C15H14NO2S. The van der Waals surface area contributed by atoms with E-state index in [0.29, 0.717) is 6.54 Å². The Morgan fingerprint density at radius 1 is 1.16 bits per heavy atom. The number of sulfonamides is 1. The Balaban J connectivity index is 1.91. The highest BCUT2D eigenvalue weighted by atomic mass is 32.2. The molecule has 0 fully saturated rings. The first kappa shape index (κ1) is 12.2. The lowest BCUT2D eigenvalue weighted by Gasteiger charge is -2.19. The first-order valence-corrected chi connectivity index (χ1v) is 7.81. The standard InChI is InChI=1S/C15H14NO2S/c17-19(18,12-13-6-2-1-3-7-13)16-11-10-14-8-4-5-9-15(14)16/h1-4,6-9H,10-12H2. The molecule has 0 atom stereocenters. The van der Waals surface area contributed by atoms with E-state index in [4.69, 9.17) is 0 Å². The molecule has 19 heavy (non-hydrogen) atoms. The summed E-state index contributed by atoms with van der Waals surface area (Å²) in [6.07, 6.45) is 0.776. The van der Waals surface area contributed by atoms with E-state index in [1.165, 1.54) is 4.31 Å². The molecule has 0 aliphatic carbocycles. The Hall–Kier alpha value is -1.81. The van der Waals surface area contributed by atoms with Gasteiger partial charge in [0.2, 0.25) is 10.0 Å². The quantitative estimate of drug-likeness (QED) is 0.860. The molecule has 0 saturated carbocycles. The second-order valence-electron chi connectivity index (χ2n) is 4.62. The lowest BCUT2D eigenvalue weighted by atomic mass is 10.2. The highest BCUT2D eigenvalue weighted by molar-refractivity contribution is 7.92. The van der Waals surface area contributed by atoms with Crippen LogP contribution >= 0.6 is 0 Å². The minimum Gasteiger partial charge on any atom is -0.269 e. The number of benzene rings is 2. The molecule has 1 radical (unpaired) electrons. The maximum Gasteiger partial charge on any atom is 0.239 e. The van der Waals surface area contributed by atoms with Crippen LogP contribution in [0.1, 0.15) is 11.1 Å². The summed E-state index contributed by atoms with van der Waals surface area (Å²) in [5, 5.41) is 0. The SMILES string of the molecule is O=S(=O)(Cc1ccccc1)N1CCc2cc[c]cc21. The van der Waals surface area contributed by atoms with Crippen LogP contribution in [-0.2, 0) is 22.2 Å². The van der Waals surface area contributed by atoms with E-state index in [-0.39, 0.29) is 5.75 Å². The van der Waals surface area contributed by atoms with Crippen molar-refractivity contribution < 1.29 is 8.42 Å². The van der Waals surface area contributed by atoms with Gasteiger partial charge in [0.1, 0.15) is 0 Å². The second kappa shape index (κ2) is 4.70. The van der Waals surface area contributed by atoms with Crippen LogP contribution < -0.4 is 4.31 Å². The number of rotatable bonds is 3. The van der Waals surface area contributed by atoms with Crippen molar-refractivity contribution in [1.29, 1.82) is 0 Å². The van der Waals surface area contributed by atoms with Crippen molar-refractivity contribution in [2.24, 2.45) is 0 Å². The third-order valence-electron chi connectivity index (χ3n) is 3.31. The Bertz CT molecular complexity index is 680. The molecule has 0 unspecified atom stereocenters. The van der Waals surface area contributed by atoms with Crippen LogP contribution in [0.4, 0.5) is 5.69 Å². The first-order valence-electron chi connectivity index (χ1n) is 6.20. The Morgan fingerprint density at radius 3 is 2.74 bits per heavy atom. The summed E-state index contributed by atoms with van der Waals surface area (Å²) in [6, 6.07) is 17.7. The van der Waals surface area contributed by atoms with Gasteiger partial charge in [0, 0.05) is 6.54 Å². The monoisotopic (exact) mass is 272 g/mol. The van der Waals surface area contributed by atoms with Gasteiger partial charge < -0.3 is 0 Å². The molecule has 0 aromatic heterocycles. The zero-order valence-electron chi connectivity index (χ0n) is 10.4. The van der Waals surface area contributed by atoms with Gasteiger partial charge in [-0.2, -0.15) is 0 Å². The average Bonchev–Trinajstić information content (AvgIpc) is 2.84. The van der Waals surface area contributed by atoms with Gasteiger partial charge in [0.25, 0.3) is 0 Å². The van der Waals surface area contributed by atoms with Crippen LogP contribution in [0.5, 0.6) is 0 Å². The van der Waals surface area contributed by atoms with Crippen LogP contribution in [0.15, 0.2) is 48.5 Å². The van der Waals surface area contributed by atoms with E-state index < -0.39 is 10.0 Å². The van der Waals surface area contributed by atoms with Crippen molar-refractivity contribution in [3.05, 3.63) is 65.7 Å². The predicted octanol–water partition coefficient (Wildman–Crippen LogP) is 2.38. The van der Waals surface area contributed by atoms with Crippen molar-refractivity contribution in [3.8, 4) is 0 Å². The summed E-state index contributed by atoms with van der Waals surface area (Å²) in [6.45, 7) is 0.530. The van der Waals surface area contributed by atoms with Crippen molar-refractivity contribution in [2.75, 3.05) is 10.8 Å². The van der Waals surface area contributed by atoms with E-state index in [1.54, 1.807) is 6.07 Å². The van der Waals surface area contributed by atoms with Crippen LogP contribution in [0.2, 0.25) is 0 Å². The van der Waals surface area contributed by atoms with Gasteiger partial charge in [-0.15, -0.1) is 0 Å². The van der Waals surface area contributed by atoms with Gasteiger partial charge >= 0.3 is 0 Å². The Morgan fingerprint density at radius 2 is 1.95 bits per heavy atom. The second-order valence-corrected chi connectivity index (χ2v) is 6.51. The average molecular weight is 272 g/mol. The van der Waals surface area contributed by atoms with E-state index >= 15 is 0 Å². The first-order chi connectivity index (χ1) is 9.17. The molecule has 0 bridgehead atoms. The summed E-state index contributed by atoms with van der Waals surface area (Å²) >= 11 is 0. The van der Waals surface area contributed by atoms with Gasteiger partial charge in [0.15, 0.2) is 0 Å². The fourth-order valence-corrected chi connectivity index (χ4v) is 4.00. The zero-order chi connectivity index (χ0) is 13.3. The number of anilines is 1. The minimum atomic E-state index is -3.31. The van der Waals surface area contributed by atoms with Gasteiger partial charge in [-0.25, -0.2) is 8.42 Å². The molecular weight excluding hydrogens is 258 g/mol. The van der Waals surface area contributed by atoms with Crippen molar-refractivity contribution in [1.82, 2.24) is 0 Å². The molecule has 4 heteroatoms. The third-order valence-corrected chi connectivity index (χ3v) is 5.06.